The standard InChI is InChI=1S/C21H30N2O3/c1-25-19-9-11-23(15-21(19)10-4-12-26-21)14-20(24)22-18-8-7-16-5-2-3-6-17(16)13-18/h7-8,13,19H,2-6,9-12,14-15H2,1H3,(H,22,24)/t19-,21-/m0/s1. The lowest BCUT2D eigenvalue weighted by Crippen LogP contribution is -2.58. The molecule has 0 saturated carbocycles. The van der Waals surface area contributed by atoms with Crippen LogP contribution < -0.4 is 5.32 Å². The highest BCUT2D eigenvalue weighted by atomic mass is 16.5. The summed E-state index contributed by atoms with van der Waals surface area (Å²) >= 11 is 0. The molecule has 0 radical (unpaired) electrons. The molecule has 2 atom stereocenters. The van der Waals surface area contributed by atoms with Gasteiger partial charge in [-0.1, -0.05) is 6.07 Å². The minimum atomic E-state index is -0.223. The predicted molar refractivity (Wildman–Crippen MR) is 101 cm³/mol. The Balaban J connectivity index is 1.36. The van der Waals surface area contributed by atoms with E-state index in [9.17, 15) is 4.79 Å². The number of benzene rings is 1. The first-order valence-electron chi connectivity index (χ1n) is 9.99. The molecule has 2 saturated heterocycles. The summed E-state index contributed by atoms with van der Waals surface area (Å²) in [6.07, 6.45) is 7.99. The second-order valence-electron chi connectivity index (χ2n) is 7.98. The van der Waals surface area contributed by atoms with E-state index in [1.54, 1.807) is 7.11 Å². The number of aryl methyl sites for hydroxylation is 2. The molecule has 142 valence electrons. The van der Waals surface area contributed by atoms with Gasteiger partial charge in [-0.25, -0.2) is 0 Å². The molecule has 2 aliphatic heterocycles. The van der Waals surface area contributed by atoms with E-state index in [-0.39, 0.29) is 17.6 Å². The average Bonchev–Trinajstić information content (AvgIpc) is 3.10. The summed E-state index contributed by atoms with van der Waals surface area (Å²) in [5, 5.41) is 3.09. The van der Waals surface area contributed by atoms with Crippen LogP contribution in [0.25, 0.3) is 0 Å². The zero-order valence-corrected chi connectivity index (χ0v) is 15.8. The van der Waals surface area contributed by atoms with Gasteiger partial charge >= 0.3 is 0 Å². The van der Waals surface area contributed by atoms with Gasteiger partial charge in [0.15, 0.2) is 0 Å². The maximum Gasteiger partial charge on any atom is 0.238 e. The number of ether oxygens (including phenoxy) is 2. The van der Waals surface area contributed by atoms with Gasteiger partial charge in [-0.3, -0.25) is 9.69 Å². The molecular weight excluding hydrogens is 328 g/mol. The highest BCUT2D eigenvalue weighted by molar-refractivity contribution is 5.92. The number of methoxy groups -OCH3 is 1. The molecule has 5 nitrogen and oxygen atoms in total. The van der Waals surface area contributed by atoms with Crippen molar-refractivity contribution in [3.05, 3.63) is 29.3 Å². The van der Waals surface area contributed by atoms with Crippen LogP contribution in [-0.2, 0) is 27.1 Å². The van der Waals surface area contributed by atoms with Gasteiger partial charge in [0.05, 0.1) is 12.6 Å². The molecule has 4 rings (SSSR count). The highest BCUT2D eigenvalue weighted by Gasteiger charge is 2.47. The average molecular weight is 358 g/mol. The third kappa shape index (κ3) is 3.66. The summed E-state index contributed by atoms with van der Waals surface area (Å²) in [7, 11) is 1.77. The number of carbonyl (C=O) groups excluding carboxylic acids is 1. The van der Waals surface area contributed by atoms with E-state index in [1.807, 2.05) is 6.07 Å². The van der Waals surface area contributed by atoms with Gasteiger partial charge in [0.1, 0.15) is 5.60 Å². The van der Waals surface area contributed by atoms with Crippen molar-refractivity contribution < 1.29 is 14.3 Å². The molecule has 3 aliphatic rings. The van der Waals surface area contributed by atoms with Gasteiger partial charge in [-0.2, -0.15) is 0 Å². The largest absolute Gasteiger partial charge is 0.378 e. The number of amides is 1. The minimum Gasteiger partial charge on any atom is -0.378 e. The molecule has 2 heterocycles. The molecule has 1 N–H and O–H groups in total. The van der Waals surface area contributed by atoms with E-state index in [2.05, 4.69) is 22.3 Å². The normalized spacial score (nSPS) is 28.9. The lowest BCUT2D eigenvalue weighted by atomic mass is 9.87. The fraction of sp³-hybridized carbons (Fsp3) is 0.667. The van der Waals surface area contributed by atoms with E-state index in [4.69, 9.17) is 9.47 Å². The summed E-state index contributed by atoms with van der Waals surface area (Å²) < 4.78 is 11.8. The number of carbonyl (C=O) groups is 1. The van der Waals surface area contributed by atoms with E-state index >= 15 is 0 Å². The molecule has 1 aromatic carbocycles. The Bertz CT molecular complexity index is 655. The van der Waals surface area contributed by atoms with E-state index < -0.39 is 0 Å². The summed E-state index contributed by atoms with van der Waals surface area (Å²) in [5.41, 5.74) is 3.54. The molecule has 0 bridgehead atoms. The van der Waals surface area contributed by atoms with Crippen LogP contribution in [0.3, 0.4) is 0 Å². The van der Waals surface area contributed by atoms with Crippen molar-refractivity contribution in [2.24, 2.45) is 0 Å². The van der Waals surface area contributed by atoms with Gasteiger partial charge < -0.3 is 14.8 Å². The predicted octanol–water partition coefficient (Wildman–Crippen LogP) is 2.77. The van der Waals surface area contributed by atoms with Crippen molar-refractivity contribution in [1.82, 2.24) is 4.90 Å². The number of hydrogen-bond acceptors (Lipinski definition) is 4. The maximum absolute atomic E-state index is 12.6. The van der Waals surface area contributed by atoms with E-state index in [0.29, 0.717) is 6.54 Å². The van der Waals surface area contributed by atoms with Crippen molar-refractivity contribution in [1.29, 1.82) is 0 Å². The highest BCUT2D eigenvalue weighted by Crippen LogP contribution is 2.36. The van der Waals surface area contributed by atoms with Crippen LogP contribution in [0, 0.1) is 0 Å². The van der Waals surface area contributed by atoms with Crippen LogP contribution in [0.15, 0.2) is 18.2 Å². The number of hydrogen-bond donors (Lipinski definition) is 1. The molecule has 1 aromatic rings. The van der Waals surface area contributed by atoms with Crippen LogP contribution >= 0.6 is 0 Å². The summed E-state index contributed by atoms with van der Waals surface area (Å²) in [5.74, 6) is 0.0600. The monoisotopic (exact) mass is 358 g/mol. The Labute approximate surface area is 156 Å². The Kier molecular flexibility index (Phi) is 5.30. The van der Waals surface area contributed by atoms with Gasteiger partial charge in [-0.05, 0) is 68.2 Å². The zero-order valence-electron chi connectivity index (χ0n) is 15.8. The number of piperidine rings is 1. The lowest BCUT2D eigenvalue weighted by Gasteiger charge is -2.44. The third-order valence-electron chi connectivity index (χ3n) is 6.20. The lowest BCUT2D eigenvalue weighted by molar-refractivity contribution is -0.146. The van der Waals surface area contributed by atoms with Crippen molar-refractivity contribution in [2.45, 2.75) is 56.7 Å². The summed E-state index contributed by atoms with van der Waals surface area (Å²) in [6.45, 7) is 2.87. The zero-order chi connectivity index (χ0) is 18.0. The van der Waals surface area contributed by atoms with Crippen LogP contribution in [0.1, 0.15) is 43.2 Å². The smallest absolute Gasteiger partial charge is 0.238 e. The Hall–Kier alpha value is -1.43. The first-order chi connectivity index (χ1) is 12.7. The number of likely N-dealkylation sites (tertiary alicyclic amines) is 1. The quantitative estimate of drug-likeness (QED) is 0.899. The second-order valence-corrected chi connectivity index (χ2v) is 7.98. The van der Waals surface area contributed by atoms with E-state index in [1.165, 1.54) is 30.4 Å². The number of nitrogens with zero attached hydrogens (tertiary/aromatic N) is 1. The number of fused-ring (bicyclic) bond motifs is 1. The summed E-state index contributed by atoms with van der Waals surface area (Å²) in [4.78, 5) is 14.8. The van der Waals surface area contributed by atoms with Crippen molar-refractivity contribution in [3.8, 4) is 0 Å². The fourth-order valence-corrected chi connectivity index (χ4v) is 4.90. The van der Waals surface area contributed by atoms with E-state index in [0.717, 1.165) is 51.1 Å². The number of anilines is 1. The molecule has 0 unspecified atom stereocenters. The van der Waals surface area contributed by atoms with Crippen LogP contribution in [-0.4, -0.2) is 55.9 Å². The summed E-state index contributed by atoms with van der Waals surface area (Å²) in [6, 6.07) is 6.38. The molecule has 1 aliphatic carbocycles. The van der Waals surface area contributed by atoms with Crippen LogP contribution in [0.2, 0.25) is 0 Å². The molecule has 0 aromatic heterocycles. The Morgan fingerprint density at radius 2 is 2.15 bits per heavy atom. The molecule has 2 fully saturated rings. The topological polar surface area (TPSA) is 50.8 Å². The van der Waals surface area contributed by atoms with Gasteiger partial charge in [0.2, 0.25) is 5.91 Å². The third-order valence-corrected chi connectivity index (χ3v) is 6.20. The fourth-order valence-electron chi connectivity index (χ4n) is 4.90. The van der Waals surface area contributed by atoms with Crippen LogP contribution in [0.5, 0.6) is 0 Å². The van der Waals surface area contributed by atoms with Crippen LogP contribution in [0.4, 0.5) is 5.69 Å². The van der Waals surface area contributed by atoms with Gasteiger partial charge in [-0.15, -0.1) is 0 Å². The minimum absolute atomic E-state index is 0.0600. The molecular formula is C21H30N2O3. The number of rotatable bonds is 4. The number of nitrogens with one attached hydrogen (secondary N) is 1. The molecule has 26 heavy (non-hydrogen) atoms. The first kappa shape index (κ1) is 18.0. The van der Waals surface area contributed by atoms with Crippen molar-refractivity contribution in [2.75, 3.05) is 38.7 Å². The second kappa shape index (κ2) is 7.67. The molecule has 5 heteroatoms. The van der Waals surface area contributed by atoms with Crippen molar-refractivity contribution >= 4 is 11.6 Å². The maximum atomic E-state index is 12.6. The molecule has 1 spiro atoms. The van der Waals surface area contributed by atoms with Crippen molar-refractivity contribution in [3.63, 3.8) is 0 Å². The Morgan fingerprint density at radius 1 is 1.31 bits per heavy atom. The van der Waals surface area contributed by atoms with Gasteiger partial charge in [0, 0.05) is 32.5 Å². The molecule has 1 amide bonds. The first-order valence-corrected chi connectivity index (χ1v) is 9.99. The van der Waals surface area contributed by atoms with Gasteiger partial charge in [0.25, 0.3) is 0 Å². The Morgan fingerprint density at radius 3 is 2.92 bits per heavy atom. The SMILES string of the molecule is CO[C@H]1CCN(CC(=O)Nc2ccc3c(c2)CCCC3)C[C@@]12CCCO2.